The van der Waals surface area contributed by atoms with Crippen LogP contribution in [0.3, 0.4) is 0 Å². The van der Waals surface area contributed by atoms with Gasteiger partial charge in [-0.3, -0.25) is 4.79 Å². The number of nitrogens with zero attached hydrogens (tertiary/aromatic N) is 4. The lowest BCUT2D eigenvalue weighted by Gasteiger charge is -2.34. The normalized spacial score (nSPS) is 24.0. The Bertz CT molecular complexity index is 691. The number of benzene rings is 1. The van der Waals surface area contributed by atoms with E-state index in [1.807, 2.05) is 29.2 Å². The quantitative estimate of drug-likeness (QED) is 0.789. The number of Topliss-reactive ketones (excluding diaryl/α,β-unsaturated/α-hetero) is 1. The fourth-order valence-electron chi connectivity index (χ4n) is 3.08. The molecule has 3 heterocycles. The average Bonchev–Trinajstić information content (AvgIpc) is 2.91. The van der Waals surface area contributed by atoms with Crippen LogP contribution in [0.25, 0.3) is 0 Å². The van der Waals surface area contributed by atoms with Crippen LogP contribution in [-0.4, -0.2) is 39.4 Å². The monoisotopic (exact) mass is 282 g/mol. The second kappa shape index (κ2) is 4.51. The number of ether oxygens (including phenoxy) is 1. The Labute approximate surface area is 121 Å². The van der Waals surface area contributed by atoms with Gasteiger partial charge in [-0.05, 0) is 12.1 Å². The molecule has 6 nitrogen and oxygen atoms in total. The van der Waals surface area contributed by atoms with Crippen molar-refractivity contribution in [2.75, 3.05) is 18.0 Å². The molecule has 1 atom stereocenters. The molecule has 1 aromatic heterocycles. The van der Waals surface area contributed by atoms with Crippen LogP contribution in [0.15, 0.2) is 36.9 Å². The van der Waals surface area contributed by atoms with Crippen LogP contribution >= 0.6 is 0 Å². The van der Waals surface area contributed by atoms with Crippen molar-refractivity contribution in [2.45, 2.75) is 18.4 Å². The molecular formula is C15H14N4O2. The minimum absolute atomic E-state index is 0.148. The summed E-state index contributed by atoms with van der Waals surface area (Å²) in [5, 5.41) is 0. The molecule has 2 aliphatic heterocycles. The van der Waals surface area contributed by atoms with Crippen LogP contribution in [0.1, 0.15) is 23.2 Å². The van der Waals surface area contributed by atoms with E-state index in [4.69, 9.17) is 4.74 Å². The number of aromatic nitrogens is 3. The number of rotatable bonds is 1. The van der Waals surface area contributed by atoms with E-state index >= 15 is 0 Å². The Morgan fingerprint density at radius 2 is 2.00 bits per heavy atom. The van der Waals surface area contributed by atoms with E-state index in [9.17, 15) is 4.79 Å². The molecule has 4 rings (SSSR count). The molecule has 0 radical (unpaired) electrons. The first-order valence-corrected chi connectivity index (χ1v) is 6.94. The van der Waals surface area contributed by atoms with Crippen molar-refractivity contribution >= 4 is 11.7 Å². The molecule has 0 bridgehead atoms. The molecule has 1 saturated heterocycles. The Morgan fingerprint density at radius 1 is 1.19 bits per heavy atom. The Morgan fingerprint density at radius 3 is 2.86 bits per heavy atom. The highest BCUT2D eigenvalue weighted by atomic mass is 16.5. The van der Waals surface area contributed by atoms with Crippen LogP contribution in [0.4, 0.5) is 5.95 Å². The molecule has 0 amide bonds. The fourth-order valence-corrected chi connectivity index (χ4v) is 3.08. The number of para-hydroxylation sites is 1. The summed E-state index contributed by atoms with van der Waals surface area (Å²) in [5.41, 5.74) is 0.222. The van der Waals surface area contributed by atoms with Gasteiger partial charge in [-0.25, -0.2) is 15.0 Å². The van der Waals surface area contributed by atoms with Gasteiger partial charge in [0.2, 0.25) is 5.95 Å². The van der Waals surface area contributed by atoms with E-state index in [-0.39, 0.29) is 5.78 Å². The molecule has 106 valence electrons. The summed E-state index contributed by atoms with van der Waals surface area (Å²) in [5.74, 6) is 1.47. The molecule has 1 aromatic carbocycles. The van der Waals surface area contributed by atoms with Gasteiger partial charge in [-0.1, -0.05) is 12.1 Å². The van der Waals surface area contributed by atoms with Gasteiger partial charge in [-0.2, -0.15) is 0 Å². The van der Waals surface area contributed by atoms with E-state index < -0.39 is 5.60 Å². The van der Waals surface area contributed by atoms with Crippen molar-refractivity contribution in [1.82, 2.24) is 15.0 Å². The lowest BCUT2D eigenvalue weighted by molar-refractivity contribution is 0.0538. The van der Waals surface area contributed by atoms with Crippen LogP contribution in [0, 0.1) is 0 Å². The molecule has 2 aromatic rings. The van der Waals surface area contributed by atoms with Gasteiger partial charge < -0.3 is 9.64 Å². The largest absolute Gasteiger partial charge is 0.484 e. The molecule has 6 heteroatoms. The zero-order chi connectivity index (χ0) is 14.3. The number of hydrogen-bond donors (Lipinski definition) is 0. The second-order valence-electron chi connectivity index (χ2n) is 5.49. The third-order valence-electron chi connectivity index (χ3n) is 4.08. The van der Waals surface area contributed by atoms with E-state index in [0.29, 0.717) is 30.2 Å². The third kappa shape index (κ3) is 2.03. The van der Waals surface area contributed by atoms with Gasteiger partial charge in [0.25, 0.3) is 0 Å². The summed E-state index contributed by atoms with van der Waals surface area (Å²) in [6.45, 7) is 1.40. The summed E-state index contributed by atoms with van der Waals surface area (Å²) < 4.78 is 6.17. The summed E-state index contributed by atoms with van der Waals surface area (Å²) in [7, 11) is 0. The minimum atomic E-state index is -0.460. The molecular weight excluding hydrogens is 268 g/mol. The highest BCUT2D eigenvalue weighted by Crippen LogP contribution is 2.39. The minimum Gasteiger partial charge on any atom is -0.484 e. The average molecular weight is 282 g/mol. The SMILES string of the molecule is O=C1CC2(CCN(c3ncncn3)C2)Oc2ccccc21. The number of fused-ring (bicyclic) bond motifs is 1. The van der Waals surface area contributed by atoms with Crippen molar-refractivity contribution in [3.63, 3.8) is 0 Å². The third-order valence-corrected chi connectivity index (χ3v) is 4.08. The summed E-state index contributed by atoms with van der Waals surface area (Å²) >= 11 is 0. The topological polar surface area (TPSA) is 68.2 Å². The highest BCUT2D eigenvalue weighted by molar-refractivity contribution is 6.00. The lowest BCUT2D eigenvalue weighted by atomic mass is 9.89. The maximum atomic E-state index is 12.4. The summed E-state index contributed by atoms with van der Waals surface area (Å²) in [6, 6.07) is 7.44. The molecule has 0 saturated carbocycles. The molecule has 0 aliphatic carbocycles. The number of ketones is 1. The van der Waals surface area contributed by atoms with Gasteiger partial charge in [0.1, 0.15) is 24.0 Å². The van der Waals surface area contributed by atoms with Gasteiger partial charge in [-0.15, -0.1) is 0 Å². The predicted molar refractivity (Wildman–Crippen MR) is 75.4 cm³/mol. The second-order valence-corrected chi connectivity index (χ2v) is 5.49. The van der Waals surface area contributed by atoms with Crippen LogP contribution < -0.4 is 9.64 Å². The van der Waals surface area contributed by atoms with Crippen LogP contribution in [0.5, 0.6) is 5.75 Å². The van der Waals surface area contributed by atoms with Crippen molar-refractivity contribution in [3.8, 4) is 5.75 Å². The van der Waals surface area contributed by atoms with Gasteiger partial charge >= 0.3 is 0 Å². The number of carbonyl (C=O) groups is 1. The molecule has 1 spiro atoms. The smallest absolute Gasteiger partial charge is 0.228 e. The van der Waals surface area contributed by atoms with Gasteiger partial charge in [0.05, 0.1) is 18.5 Å². The number of hydrogen-bond acceptors (Lipinski definition) is 6. The maximum absolute atomic E-state index is 12.4. The first kappa shape index (κ1) is 12.3. The van der Waals surface area contributed by atoms with E-state index in [0.717, 1.165) is 13.0 Å². The number of carbonyl (C=O) groups excluding carboxylic acids is 1. The molecule has 21 heavy (non-hydrogen) atoms. The first-order valence-electron chi connectivity index (χ1n) is 6.94. The van der Waals surface area contributed by atoms with Crippen molar-refractivity contribution in [2.24, 2.45) is 0 Å². The fraction of sp³-hybridized carbons (Fsp3) is 0.333. The summed E-state index contributed by atoms with van der Waals surface area (Å²) in [6.07, 6.45) is 4.16. The Hall–Kier alpha value is -2.50. The van der Waals surface area contributed by atoms with Gasteiger partial charge in [0.15, 0.2) is 5.78 Å². The molecule has 2 aliphatic rings. The van der Waals surface area contributed by atoms with E-state index in [1.165, 1.54) is 12.7 Å². The molecule has 0 N–H and O–H groups in total. The van der Waals surface area contributed by atoms with Crippen molar-refractivity contribution < 1.29 is 9.53 Å². The summed E-state index contributed by atoms with van der Waals surface area (Å²) in [4.78, 5) is 26.6. The Balaban J connectivity index is 1.62. The first-order chi connectivity index (χ1) is 10.3. The number of anilines is 1. The van der Waals surface area contributed by atoms with Gasteiger partial charge in [0, 0.05) is 13.0 Å². The van der Waals surface area contributed by atoms with E-state index in [2.05, 4.69) is 15.0 Å². The zero-order valence-electron chi connectivity index (χ0n) is 11.4. The van der Waals surface area contributed by atoms with Crippen molar-refractivity contribution in [3.05, 3.63) is 42.5 Å². The molecule has 1 unspecified atom stereocenters. The van der Waals surface area contributed by atoms with E-state index in [1.54, 1.807) is 0 Å². The highest BCUT2D eigenvalue weighted by Gasteiger charge is 2.46. The van der Waals surface area contributed by atoms with Crippen LogP contribution in [0.2, 0.25) is 0 Å². The predicted octanol–water partition coefficient (Wildman–Crippen LogP) is 1.49. The zero-order valence-corrected chi connectivity index (χ0v) is 11.4. The lowest BCUT2D eigenvalue weighted by Crippen LogP contribution is -2.44. The van der Waals surface area contributed by atoms with Crippen LogP contribution in [-0.2, 0) is 0 Å². The van der Waals surface area contributed by atoms with Crippen molar-refractivity contribution in [1.29, 1.82) is 0 Å². The molecule has 1 fully saturated rings. The standard InChI is InChI=1S/C15H14N4O2/c20-12-7-15(21-13-4-2-1-3-11(12)13)5-6-19(8-15)14-17-9-16-10-18-14/h1-4,9-10H,5-8H2. The maximum Gasteiger partial charge on any atom is 0.228 e. The Kier molecular flexibility index (Phi) is 2.63.